The molecule has 0 N–H and O–H groups in total. The van der Waals surface area contributed by atoms with Crippen LogP contribution in [0.15, 0.2) is 22.7 Å². The Balaban J connectivity index is 3.00. The number of amides is 1. The number of hydrogen-bond acceptors (Lipinski definition) is 1. The maximum Gasteiger partial charge on any atom is 0.253 e. The van der Waals surface area contributed by atoms with Gasteiger partial charge in [0.25, 0.3) is 5.91 Å². The van der Waals surface area contributed by atoms with Crippen LogP contribution in [-0.2, 0) is 0 Å². The highest BCUT2D eigenvalue weighted by molar-refractivity contribution is 9.10. The topological polar surface area (TPSA) is 20.3 Å². The van der Waals surface area contributed by atoms with Crippen molar-refractivity contribution in [3.8, 4) is 0 Å². The van der Waals surface area contributed by atoms with Crippen LogP contribution in [0.5, 0.6) is 0 Å². The third-order valence-electron chi connectivity index (χ3n) is 2.34. The normalized spacial score (nSPS) is 10.1. The summed E-state index contributed by atoms with van der Waals surface area (Å²) in [6.45, 7) is 7.48. The highest BCUT2D eigenvalue weighted by atomic mass is 79.9. The fourth-order valence-corrected chi connectivity index (χ4v) is 2.16. The average Bonchev–Trinajstić information content (AvgIpc) is 2.18. The number of rotatable bonds is 3. The zero-order valence-electron chi connectivity index (χ0n) is 9.38. The molecule has 0 saturated heterocycles. The van der Waals surface area contributed by atoms with Gasteiger partial charge in [-0.15, -0.1) is 0 Å². The zero-order chi connectivity index (χ0) is 11.4. The standard InChI is InChI=1S/C12H16BrNO/c1-4-14(5-2)12(15)10-6-9(3)7-11(13)8-10/h6-8H,4-5H2,1-3H3. The van der Waals surface area contributed by atoms with Crippen molar-refractivity contribution in [1.82, 2.24) is 4.90 Å². The van der Waals surface area contributed by atoms with E-state index in [1.54, 1.807) is 0 Å². The van der Waals surface area contributed by atoms with Gasteiger partial charge in [-0.3, -0.25) is 4.79 Å². The maximum absolute atomic E-state index is 12.0. The van der Waals surface area contributed by atoms with Gasteiger partial charge in [-0.25, -0.2) is 0 Å². The summed E-state index contributed by atoms with van der Waals surface area (Å²) < 4.78 is 0.956. The maximum atomic E-state index is 12.0. The largest absolute Gasteiger partial charge is 0.339 e. The quantitative estimate of drug-likeness (QED) is 0.825. The third-order valence-corrected chi connectivity index (χ3v) is 2.80. The second-order valence-corrected chi connectivity index (χ2v) is 4.41. The Morgan fingerprint density at radius 2 is 1.87 bits per heavy atom. The summed E-state index contributed by atoms with van der Waals surface area (Å²) in [6, 6.07) is 5.79. The number of carbonyl (C=O) groups is 1. The first-order chi connectivity index (χ1) is 7.08. The van der Waals surface area contributed by atoms with Crippen LogP contribution in [-0.4, -0.2) is 23.9 Å². The molecule has 0 aliphatic rings. The van der Waals surface area contributed by atoms with Crippen molar-refractivity contribution in [3.63, 3.8) is 0 Å². The van der Waals surface area contributed by atoms with Crippen LogP contribution < -0.4 is 0 Å². The lowest BCUT2D eigenvalue weighted by Gasteiger charge is -2.18. The Morgan fingerprint density at radius 3 is 2.33 bits per heavy atom. The second-order valence-electron chi connectivity index (χ2n) is 3.49. The fourth-order valence-electron chi connectivity index (χ4n) is 1.55. The van der Waals surface area contributed by atoms with Gasteiger partial charge in [0.05, 0.1) is 0 Å². The second kappa shape index (κ2) is 5.31. The molecule has 0 atom stereocenters. The zero-order valence-corrected chi connectivity index (χ0v) is 11.0. The van der Waals surface area contributed by atoms with Crippen molar-refractivity contribution in [2.24, 2.45) is 0 Å². The van der Waals surface area contributed by atoms with Crippen LogP contribution in [0.3, 0.4) is 0 Å². The number of aryl methyl sites for hydroxylation is 1. The Hall–Kier alpha value is -0.830. The molecule has 0 aliphatic heterocycles. The van der Waals surface area contributed by atoms with E-state index in [2.05, 4.69) is 15.9 Å². The van der Waals surface area contributed by atoms with Gasteiger partial charge in [-0.05, 0) is 44.5 Å². The van der Waals surface area contributed by atoms with Gasteiger partial charge >= 0.3 is 0 Å². The predicted octanol–water partition coefficient (Wildman–Crippen LogP) is 3.24. The summed E-state index contributed by atoms with van der Waals surface area (Å²) in [6.07, 6.45) is 0. The van der Waals surface area contributed by atoms with Gasteiger partial charge in [-0.2, -0.15) is 0 Å². The lowest BCUT2D eigenvalue weighted by Crippen LogP contribution is -2.30. The van der Waals surface area contributed by atoms with Gasteiger partial charge in [0.1, 0.15) is 0 Å². The van der Waals surface area contributed by atoms with E-state index in [1.165, 1.54) is 0 Å². The minimum Gasteiger partial charge on any atom is -0.339 e. The molecule has 1 aromatic carbocycles. The van der Waals surface area contributed by atoms with Gasteiger partial charge in [0, 0.05) is 23.1 Å². The van der Waals surface area contributed by atoms with Crippen LogP contribution >= 0.6 is 15.9 Å². The molecule has 0 spiro atoms. The molecule has 3 heteroatoms. The van der Waals surface area contributed by atoms with Crippen molar-refractivity contribution in [3.05, 3.63) is 33.8 Å². The van der Waals surface area contributed by atoms with Crippen LogP contribution in [0.4, 0.5) is 0 Å². The SMILES string of the molecule is CCN(CC)C(=O)c1cc(C)cc(Br)c1. The number of halogens is 1. The fraction of sp³-hybridized carbons (Fsp3) is 0.417. The molecule has 0 heterocycles. The molecule has 15 heavy (non-hydrogen) atoms. The summed E-state index contributed by atoms with van der Waals surface area (Å²) in [5.41, 5.74) is 1.85. The van der Waals surface area contributed by atoms with E-state index in [1.807, 2.05) is 43.9 Å². The van der Waals surface area contributed by atoms with E-state index in [0.29, 0.717) is 0 Å². The summed E-state index contributed by atoms with van der Waals surface area (Å²) in [5.74, 6) is 0.101. The first-order valence-electron chi connectivity index (χ1n) is 5.15. The smallest absolute Gasteiger partial charge is 0.253 e. The van der Waals surface area contributed by atoms with Crippen molar-refractivity contribution in [1.29, 1.82) is 0 Å². The molecular formula is C12H16BrNO. The average molecular weight is 270 g/mol. The van der Waals surface area contributed by atoms with E-state index in [9.17, 15) is 4.79 Å². The van der Waals surface area contributed by atoms with E-state index in [0.717, 1.165) is 28.7 Å². The van der Waals surface area contributed by atoms with Crippen LogP contribution in [0.2, 0.25) is 0 Å². The van der Waals surface area contributed by atoms with Gasteiger partial charge in [0.2, 0.25) is 0 Å². The van der Waals surface area contributed by atoms with Gasteiger partial charge in [0.15, 0.2) is 0 Å². The van der Waals surface area contributed by atoms with E-state index in [-0.39, 0.29) is 5.91 Å². The molecule has 0 fully saturated rings. The molecule has 0 unspecified atom stereocenters. The van der Waals surface area contributed by atoms with Crippen molar-refractivity contribution < 1.29 is 4.79 Å². The highest BCUT2D eigenvalue weighted by Gasteiger charge is 2.12. The number of carbonyl (C=O) groups excluding carboxylic acids is 1. The summed E-state index contributed by atoms with van der Waals surface area (Å²) >= 11 is 3.40. The molecule has 1 rings (SSSR count). The molecule has 2 nitrogen and oxygen atoms in total. The van der Waals surface area contributed by atoms with E-state index in [4.69, 9.17) is 0 Å². The molecule has 82 valence electrons. The van der Waals surface area contributed by atoms with Gasteiger partial charge < -0.3 is 4.90 Å². The lowest BCUT2D eigenvalue weighted by atomic mass is 10.1. The van der Waals surface area contributed by atoms with Crippen molar-refractivity contribution in [2.45, 2.75) is 20.8 Å². The van der Waals surface area contributed by atoms with Crippen LogP contribution in [0.1, 0.15) is 29.8 Å². The number of benzene rings is 1. The lowest BCUT2D eigenvalue weighted by molar-refractivity contribution is 0.0773. The number of hydrogen-bond donors (Lipinski definition) is 0. The first-order valence-corrected chi connectivity index (χ1v) is 5.94. The molecular weight excluding hydrogens is 254 g/mol. The van der Waals surface area contributed by atoms with Crippen LogP contribution in [0.25, 0.3) is 0 Å². The highest BCUT2D eigenvalue weighted by Crippen LogP contribution is 2.16. The third kappa shape index (κ3) is 3.06. The minimum absolute atomic E-state index is 0.101. The minimum atomic E-state index is 0.101. The Morgan fingerprint density at radius 1 is 1.27 bits per heavy atom. The van der Waals surface area contributed by atoms with Gasteiger partial charge in [-0.1, -0.05) is 15.9 Å². The summed E-state index contributed by atoms with van der Waals surface area (Å²) in [7, 11) is 0. The molecule has 0 radical (unpaired) electrons. The van der Waals surface area contributed by atoms with Crippen molar-refractivity contribution >= 4 is 21.8 Å². The number of nitrogens with zero attached hydrogens (tertiary/aromatic N) is 1. The molecule has 0 aromatic heterocycles. The molecule has 1 aromatic rings. The Labute approximate surface area is 99.4 Å². The molecule has 1 amide bonds. The van der Waals surface area contributed by atoms with E-state index >= 15 is 0 Å². The first kappa shape index (κ1) is 12.2. The van der Waals surface area contributed by atoms with Crippen molar-refractivity contribution in [2.75, 3.05) is 13.1 Å². The Kier molecular flexibility index (Phi) is 4.33. The monoisotopic (exact) mass is 269 g/mol. The summed E-state index contributed by atoms with van der Waals surface area (Å²) in [4.78, 5) is 13.8. The molecule has 0 bridgehead atoms. The summed E-state index contributed by atoms with van der Waals surface area (Å²) in [5, 5.41) is 0. The van der Waals surface area contributed by atoms with Crippen LogP contribution in [0, 0.1) is 6.92 Å². The van der Waals surface area contributed by atoms with E-state index < -0.39 is 0 Å². The predicted molar refractivity (Wildman–Crippen MR) is 66.1 cm³/mol. The molecule has 0 aliphatic carbocycles. The molecule has 0 saturated carbocycles. The Bertz CT molecular complexity index is 338.